The van der Waals surface area contributed by atoms with Gasteiger partial charge in [0.15, 0.2) is 0 Å². The normalized spacial score (nSPS) is 11.1. The summed E-state index contributed by atoms with van der Waals surface area (Å²) in [6, 6.07) is 11.6. The van der Waals surface area contributed by atoms with Crippen molar-refractivity contribution in [2.24, 2.45) is 0 Å². The maximum absolute atomic E-state index is 12.0. The molecule has 2 aromatic rings. The maximum Gasteiger partial charge on any atom is 0.348 e. The third-order valence-electron chi connectivity index (χ3n) is 4.04. The van der Waals surface area contributed by atoms with Crippen LogP contribution in [0.4, 0.5) is 0 Å². The fourth-order valence-electron chi connectivity index (χ4n) is 2.78. The molecule has 0 radical (unpaired) electrons. The number of rotatable bonds is 8. The van der Waals surface area contributed by atoms with E-state index in [1.165, 1.54) is 7.11 Å². The summed E-state index contributed by atoms with van der Waals surface area (Å²) < 4.78 is 17.4. The molecule has 0 amide bonds. The van der Waals surface area contributed by atoms with E-state index in [1.54, 1.807) is 6.08 Å². The van der Waals surface area contributed by atoms with Crippen molar-refractivity contribution in [3.8, 4) is 17.5 Å². The number of methoxy groups -OCH3 is 1. The molecule has 0 aliphatic rings. The first-order valence-electron chi connectivity index (χ1n) is 8.71. The van der Waals surface area contributed by atoms with E-state index in [0.717, 1.165) is 28.4 Å². The molecule has 142 valence electrons. The predicted molar refractivity (Wildman–Crippen MR) is 103 cm³/mol. The van der Waals surface area contributed by atoms with Gasteiger partial charge in [-0.15, -0.1) is 0 Å². The standard InChI is InChI=1S/C21H24N2O4/c1-5-26-20-8-6-19(7-9-20)23-15(2)12-17(16(23)3)13-18(14-22)21(24)27-11-10-25-4/h6-9,12-13H,5,10-11H2,1-4H3/b18-13+. The summed E-state index contributed by atoms with van der Waals surface area (Å²) in [5.74, 6) is 0.162. The Bertz CT molecular complexity index is 858. The van der Waals surface area contributed by atoms with Crippen molar-refractivity contribution in [2.45, 2.75) is 20.8 Å². The van der Waals surface area contributed by atoms with Crippen molar-refractivity contribution in [1.82, 2.24) is 4.57 Å². The minimum atomic E-state index is -0.652. The van der Waals surface area contributed by atoms with Gasteiger partial charge in [-0.05, 0) is 62.7 Å². The van der Waals surface area contributed by atoms with Gasteiger partial charge in [-0.2, -0.15) is 5.26 Å². The molecule has 0 bridgehead atoms. The van der Waals surface area contributed by atoms with Gasteiger partial charge in [-0.3, -0.25) is 0 Å². The summed E-state index contributed by atoms with van der Waals surface area (Å²) in [5, 5.41) is 9.31. The minimum absolute atomic E-state index is 0.0435. The molecule has 1 aromatic heterocycles. The van der Waals surface area contributed by atoms with Gasteiger partial charge in [-0.25, -0.2) is 4.79 Å². The molecule has 6 heteroatoms. The second kappa shape index (κ2) is 9.60. The number of esters is 1. The molecule has 0 saturated heterocycles. The van der Waals surface area contributed by atoms with E-state index in [0.29, 0.717) is 6.61 Å². The summed E-state index contributed by atoms with van der Waals surface area (Å²) >= 11 is 0. The fraction of sp³-hybridized carbons (Fsp3) is 0.333. The Kier molecular flexibility index (Phi) is 7.21. The molecule has 6 nitrogen and oxygen atoms in total. The number of nitrogens with zero attached hydrogens (tertiary/aromatic N) is 2. The van der Waals surface area contributed by atoms with Crippen molar-refractivity contribution >= 4 is 12.0 Å². The van der Waals surface area contributed by atoms with Crippen LogP contribution in [0.1, 0.15) is 23.9 Å². The van der Waals surface area contributed by atoms with Crippen LogP contribution in [-0.2, 0) is 14.3 Å². The predicted octanol–water partition coefficient (Wildman–Crippen LogP) is 3.59. The van der Waals surface area contributed by atoms with E-state index < -0.39 is 5.97 Å². The lowest BCUT2D eigenvalue weighted by Gasteiger charge is -2.11. The molecular weight excluding hydrogens is 344 g/mol. The summed E-state index contributed by atoms with van der Waals surface area (Å²) in [4.78, 5) is 12.0. The summed E-state index contributed by atoms with van der Waals surface area (Å²) in [6.45, 7) is 6.88. The number of carbonyl (C=O) groups is 1. The molecule has 0 unspecified atom stereocenters. The number of benzene rings is 1. The van der Waals surface area contributed by atoms with Gasteiger partial charge in [0, 0.05) is 24.2 Å². The summed E-state index contributed by atoms with van der Waals surface area (Å²) in [5.41, 5.74) is 3.65. The van der Waals surface area contributed by atoms with Crippen LogP contribution in [0, 0.1) is 25.2 Å². The molecule has 0 aliphatic carbocycles. The Morgan fingerprint density at radius 1 is 1.22 bits per heavy atom. The smallest absolute Gasteiger partial charge is 0.348 e. The van der Waals surface area contributed by atoms with E-state index in [-0.39, 0.29) is 18.8 Å². The molecular formula is C21H24N2O4. The third-order valence-corrected chi connectivity index (χ3v) is 4.04. The van der Waals surface area contributed by atoms with Crippen LogP contribution in [0.15, 0.2) is 35.9 Å². The molecule has 0 aliphatic heterocycles. The van der Waals surface area contributed by atoms with Crippen molar-refractivity contribution in [2.75, 3.05) is 26.9 Å². The number of nitriles is 1. The lowest BCUT2D eigenvalue weighted by molar-refractivity contribution is -0.139. The quantitative estimate of drug-likeness (QED) is 0.308. The van der Waals surface area contributed by atoms with Crippen LogP contribution in [0.5, 0.6) is 5.75 Å². The molecule has 0 spiro atoms. The monoisotopic (exact) mass is 368 g/mol. The minimum Gasteiger partial charge on any atom is -0.494 e. The van der Waals surface area contributed by atoms with Gasteiger partial charge in [0.2, 0.25) is 0 Å². The van der Waals surface area contributed by atoms with E-state index in [2.05, 4.69) is 4.57 Å². The van der Waals surface area contributed by atoms with Gasteiger partial charge in [0.25, 0.3) is 0 Å². The number of carbonyl (C=O) groups excluding carboxylic acids is 1. The molecule has 1 heterocycles. The average molecular weight is 368 g/mol. The van der Waals surface area contributed by atoms with E-state index in [1.807, 2.05) is 57.2 Å². The number of hydrogen-bond acceptors (Lipinski definition) is 5. The zero-order chi connectivity index (χ0) is 19.8. The van der Waals surface area contributed by atoms with Crippen LogP contribution in [-0.4, -0.2) is 37.5 Å². The second-order valence-electron chi connectivity index (χ2n) is 5.89. The van der Waals surface area contributed by atoms with Gasteiger partial charge < -0.3 is 18.8 Å². The topological polar surface area (TPSA) is 73.5 Å². The van der Waals surface area contributed by atoms with Gasteiger partial charge in [-0.1, -0.05) is 0 Å². The van der Waals surface area contributed by atoms with E-state index in [4.69, 9.17) is 14.2 Å². The summed E-state index contributed by atoms with van der Waals surface area (Å²) in [6.07, 6.45) is 1.56. The van der Waals surface area contributed by atoms with Crippen LogP contribution in [0.3, 0.4) is 0 Å². The Hall–Kier alpha value is -3.04. The maximum atomic E-state index is 12.0. The highest BCUT2D eigenvalue weighted by Crippen LogP contribution is 2.24. The Morgan fingerprint density at radius 3 is 2.52 bits per heavy atom. The van der Waals surface area contributed by atoms with E-state index >= 15 is 0 Å². The second-order valence-corrected chi connectivity index (χ2v) is 5.89. The molecule has 0 atom stereocenters. The molecule has 27 heavy (non-hydrogen) atoms. The highest BCUT2D eigenvalue weighted by Gasteiger charge is 2.14. The molecule has 0 fully saturated rings. The number of aromatic nitrogens is 1. The number of aryl methyl sites for hydroxylation is 1. The average Bonchev–Trinajstić information content (AvgIpc) is 2.94. The number of ether oxygens (including phenoxy) is 3. The SMILES string of the molecule is CCOc1ccc(-n2c(C)cc(/C=C(\C#N)C(=O)OCCOC)c2C)cc1. The number of hydrogen-bond donors (Lipinski definition) is 0. The third kappa shape index (κ3) is 4.99. The Morgan fingerprint density at radius 2 is 1.93 bits per heavy atom. The molecule has 1 aromatic carbocycles. The van der Waals surface area contributed by atoms with Crippen LogP contribution in [0.25, 0.3) is 11.8 Å². The highest BCUT2D eigenvalue weighted by atomic mass is 16.6. The largest absolute Gasteiger partial charge is 0.494 e. The first-order valence-corrected chi connectivity index (χ1v) is 8.71. The first kappa shape index (κ1) is 20.3. The first-order chi connectivity index (χ1) is 13.0. The molecule has 0 N–H and O–H groups in total. The van der Waals surface area contributed by atoms with Crippen molar-refractivity contribution in [1.29, 1.82) is 5.26 Å². The van der Waals surface area contributed by atoms with Crippen molar-refractivity contribution < 1.29 is 19.0 Å². The Balaban J connectivity index is 2.30. The van der Waals surface area contributed by atoms with Gasteiger partial charge >= 0.3 is 5.97 Å². The highest BCUT2D eigenvalue weighted by molar-refractivity contribution is 5.98. The fourth-order valence-corrected chi connectivity index (χ4v) is 2.78. The van der Waals surface area contributed by atoms with Gasteiger partial charge in [0.05, 0.1) is 13.2 Å². The molecule has 0 saturated carbocycles. The van der Waals surface area contributed by atoms with Crippen LogP contribution in [0.2, 0.25) is 0 Å². The van der Waals surface area contributed by atoms with Crippen molar-refractivity contribution in [3.63, 3.8) is 0 Å². The molecule has 2 rings (SSSR count). The van der Waals surface area contributed by atoms with Crippen LogP contribution >= 0.6 is 0 Å². The Labute approximate surface area is 159 Å². The van der Waals surface area contributed by atoms with Crippen molar-refractivity contribution in [3.05, 3.63) is 52.9 Å². The zero-order valence-electron chi connectivity index (χ0n) is 16.1. The van der Waals surface area contributed by atoms with Crippen LogP contribution < -0.4 is 4.74 Å². The lowest BCUT2D eigenvalue weighted by Crippen LogP contribution is -2.11. The van der Waals surface area contributed by atoms with E-state index in [9.17, 15) is 10.1 Å². The van der Waals surface area contributed by atoms with Gasteiger partial charge in [0.1, 0.15) is 24.0 Å². The zero-order valence-corrected chi connectivity index (χ0v) is 16.1. The lowest BCUT2D eigenvalue weighted by atomic mass is 10.1. The summed E-state index contributed by atoms with van der Waals surface area (Å²) in [7, 11) is 1.52.